The summed E-state index contributed by atoms with van der Waals surface area (Å²) in [5, 5.41) is 6.94. The largest absolute Gasteiger partial charge is 0.465 e. The van der Waals surface area contributed by atoms with Crippen molar-refractivity contribution < 1.29 is 14.3 Å². The van der Waals surface area contributed by atoms with E-state index in [4.69, 9.17) is 17.0 Å². The average molecular weight is 498 g/mol. The molecule has 0 atom stereocenters. The first-order valence-electron chi connectivity index (χ1n) is 9.08. The number of anilines is 2. The van der Waals surface area contributed by atoms with Gasteiger partial charge in [0.25, 0.3) is 5.91 Å². The molecule has 1 amide bonds. The normalized spacial score (nSPS) is 10.4. The molecule has 9 heteroatoms. The summed E-state index contributed by atoms with van der Waals surface area (Å²) in [7, 11) is 1.31. The van der Waals surface area contributed by atoms with E-state index in [1.807, 2.05) is 39.0 Å². The molecule has 0 aliphatic rings. The van der Waals surface area contributed by atoms with Gasteiger partial charge in [0.05, 0.1) is 23.2 Å². The lowest BCUT2D eigenvalue weighted by molar-refractivity contribution is 0.0601. The minimum absolute atomic E-state index is 0.115. The van der Waals surface area contributed by atoms with Crippen LogP contribution >= 0.6 is 39.5 Å². The summed E-state index contributed by atoms with van der Waals surface area (Å²) < 4.78 is 5.80. The van der Waals surface area contributed by atoms with Gasteiger partial charge in [0, 0.05) is 17.6 Å². The first-order valence-corrected chi connectivity index (χ1v) is 11.1. The van der Waals surface area contributed by atoms with Crippen molar-refractivity contribution in [2.45, 2.75) is 27.7 Å². The summed E-state index contributed by atoms with van der Waals surface area (Å²) in [6.45, 7) is 8.76. The summed E-state index contributed by atoms with van der Waals surface area (Å²) >= 11 is 10.1. The number of hydrogen-bond donors (Lipinski definition) is 2. The van der Waals surface area contributed by atoms with Crippen molar-refractivity contribution in [3.63, 3.8) is 0 Å². The van der Waals surface area contributed by atoms with E-state index < -0.39 is 5.97 Å². The zero-order valence-corrected chi connectivity index (χ0v) is 20.2. The number of ether oxygens (including phenoxy) is 1. The molecule has 0 bridgehead atoms. The van der Waals surface area contributed by atoms with E-state index in [2.05, 4.69) is 26.6 Å². The Bertz CT molecular complexity index is 939. The van der Waals surface area contributed by atoms with Crippen LogP contribution in [-0.2, 0) is 4.74 Å². The third-order valence-electron chi connectivity index (χ3n) is 4.38. The fraction of sp³-hybridized carbons (Fsp3) is 0.350. The summed E-state index contributed by atoms with van der Waals surface area (Å²) in [5.74, 6) is -0.630. The number of benzene rings is 1. The standard InChI is InChI=1S/C20H24BrN3O3S2/c1-6-24(7-2)18(25)16-12(4)15(19(26)27-5)17(29-16)23-20(28)22-14-9-8-11(3)10-13(14)21/h8-10H,6-7H2,1-5H3,(H2,22,23,28). The van der Waals surface area contributed by atoms with Crippen LogP contribution in [0.3, 0.4) is 0 Å². The Morgan fingerprint density at radius 3 is 2.41 bits per heavy atom. The van der Waals surface area contributed by atoms with Crippen molar-refractivity contribution >= 4 is 67.2 Å². The first kappa shape index (κ1) is 23.3. The predicted molar refractivity (Wildman–Crippen MR) is 126 cm³/mol. The number of halogens is 1. The number of hydrogen-bond acceptors (Lipinski definition) is 5. The molecule has 0 saturated carbocycles. The van der Waals surface area contributed by atoms with Crippen LogP contribution in [0.2, 0.25) is 0 Å². The third kappa shape index (κ3) is 5.34. The third-order valence-corrected chi connectivity index (χ3v) is 6.44. The lowest BCUT2D eigenvalue weighted by atomic mass is 10.1. The summed E-state index contributed by atoms with van der Waals surface area (Å²) in [6.07, 6.45) is 0. The topological polar surface area (TPSA) is 70.7 Å². The number of nitrogens with one attached hydrogen (secondary N) is 2. The Balaban J connectivity index is 2.35. The highest BCUT2D eigenvalue weighted by molar-refractivity contribution is 9.10. The second-order valence-corrected chi connectivity index (χ2v) is 8.57. The van der Waals surface area contributed by atoms with Crippen LogP contribution < -0.4 is 10.6 Å². The summed E-state index contributed by atoms with van der Waals surface area (Å²) in [5.41, 5.74) is 2.81. The SMILES string of the molecule is CCN(CC)C(=O)c1sc(NC(=S)Nc2ccc(C)cc2Br)c(C(=O)OC)c1C. The highest BCUT2D eigenvalue weighted by Crippen LogP contribution is 2.35. The molecule has 0 radical (unpaired) electrons. The van der Waals surface area contributed by atoms with E-state index in [1.165, 1.54) is 18.4 Å². The molecule has 1 heterocycles. The maximum absolute atomic E-state index is 12.9. The molecule has 1 aromatic carbocycles. The van der Waals surface area contributed by atoms with Gasteiger partial charge in [-0.1, -0.05) is 6.07 Å². The van der Waals surface area contributed by atoms with Gasteiger partial charge in [0.15, 0.2) is 5.11 Å². The van der Waals surface area contributed by atoms with Gasteiger partial charge in [0.2, 0.25) is 0 Å². The molecule has 2 rings (SSSR count). The number of rotatable bonds is 6. The molecule has 0 fully saturated rings. The molecule has 0 aliphatic heterocycles. The van der Waals surface area contributed by atoms with Crippen molar-refractivity contribution in [2.24, 2.45) is 0 Å². The minimum atomic E-state index is -0.515. The number of carbonyl (C=O) groups excluding carboxylic acids is 2. The smallest absolute Gasteiger partial charge is 0.341 e. The number of amides is 1. The van der Waals surface area contributed by atoms with E-state index in [1.54, 1.807) is 11.8 Å². The van der Waals surface area contributed by atoms with E-state index in [-0.39, 0.29) is 5.91 Å². The van der Waals surface area contributed by atoms with Crippen LogP contribution in [0.15, 0.2) is 22.7 Å². The number of aryl methyl sites for hydroxylation is 1. The number of esters is 1. The van der Waals surface area contributed by atoms with Crippen molar-refractivity contribution in [1.82, 2.24) is 4.90 Å². The van der Waals surface area contributed by atoms with Gasteiger partial charge < -0.3 is 20.3 Å². The van der Waals surface area contributed by atoms with Crippen LogP contribution in [0, 0.1) is 13.8 Å². The minimum Gasteiger partial charge on any atom is -0.465 e. The number of carbonyl (C=O) groups is 2. The Hall–Kier alpha value is -1.97. The Morgan fingerprint density at radius 1 is 1.21 bits per heavy atom. The zero-order chi connectivity index (χ0) is 21.7. The molecule has 1 aromatic heterocycles. The molecule has 2 aromatic rings. The molecule has 6 nitrogen and oxygen atoms in total. The van der Waals surface area contributed by atoms with Crippen LogP contribution in [-0.4, -0.2) is 42.1 Å². The fourth-order valence-electron chi connectivity index (χ4n) is 2.79. The zero-order valence-electron chi connectivity index (χ0n) is 17.0. The molecule has 0 aliphatic carbocycles. The number of thiophene rings is 1. The number of nitrogens with zero attached hydrogens (tertiary/aromatic N) is 1. The van der Waals surface area contributed by atoms with Gasteiger partial charge in [-0.3, -0.25) is 4.79 Å². The number of thiocarbonyl (C=S) groups is 1. The highest BCUT2D eigenvalue weighted by atomic mass is 79.9. The Morgan fingerprint density at radius 2 is 1.86 bits per heavy atom. The van der Waals surface area contributed by atoms with Gasteiger partial charge >= 0.3 is 5.97 Å². The molecular formula is C20H24BrN3O3S2. The van der Waals surface area contributed by atoms with Crippen molar-refractivity contribution in [2.75, 3.05) is 30.8 Å². The molecule has 2 N–H and O–H groups in total. The first-order chi connectivity index (χ1) is 13.7. The average Bonchev–Trinajstić information content (AvgIpc) is 3.00. The van der Waals surface area contributed by atoms with Crippen LogP contribution in [0.5, 0.6) is 0 Å². The van der Waals surface area contributed by atoms with Crippen LogP contribution in [0.25, 0.3) is 0 Å². The fourth-order valence-corrected chi connectivity index (χ4v) is 4.82. The predicted octanol–water partition coefficient (Wildman–Crippen LogP) is 5.20. The van der Waals surface area contributed by atoms with Crippen molar-refractivity contribution in [1.29, 1.82) is 0 Å². The molecular weight excluding hydrogens is 474 g/mol. The van der Waals surface area contributed by atoms with Gasteiger partial charge in [-0.25, -0.2) is 4.79 Å². The lowest BCUT2D eigenvalue weighted by Crippen LogP contribution is -2.30. The number of methoxy groups -OCH3 is 1. The second kappa shape index (κ2) is 10.2. The van der Waals surface area contributed by atoms with E-state index in [9.17, 15) is 9.59 Å². The van der Waals surface area contributed by atoms with Gasteiger partial charge in [-0.15, -0.1) is 11.3 Å². The van der Waals surface area contributed by atoms with Gasteiger partial charge in [-0.05, 0) is 79.1 Å². The maximum atomic E-state index is 12.9. The molecule has 0 unspecified atom stereocenters. The molecule has 156 valence electrons. The van der Waals surface area contributed by atoms with Gasteiger partial charge in [0.1, 0.15) is 5.00 Å². The Labute approximate surface area is 188 Å². The monoisotopic (exact) mass is 497 g/mol. The highest BCUT2D eigenvalue weighted by Gasteiger charge is 2.27. The van der Waals surface area contributed by atoms with E-state index in [0.29, 0.717) is 39.2 Å². The maximum Gasteiger partial charge on any atom is 0.341 e. The molecule has 0 spiro atoms. The van der Waals surface area contributed by atoms with Crippen molar-refractivity contribution in [3.05, 3.63) is 44.2 Å². The van der Waals surface area contributed by atoms with Crippen LogP contribution in [0.1, 0.15) is 45.0 Å². The van der Waals surface area contributed by atoms with Gasteiger partial charge in [-0.2, -0.15) is 0 Å². The summed E-state index contributed by atoms with van der Waals surface area (Å²) in [6, 6.07) is 5.84. The summed E-state index contributed by atoms with van der Waals surface area (Å²) in [4.78, 5) is 27.4. The second-order valence-electron chi connectivity index (χ2n) is 6.29. The molecule has 0 saturated heterocycles. The van der Waals surface area contributed by atoms with Crippen molar-refractivity contribution in [3.8, 4) is 0 Å². The van der Waals surface area contributed by atoms with E-state index in [0.717, 1.165) is 15.7 Å². The Kier molecular flexibility index (Phi) is 8.18. The van der Waals surface area contributed by atoms with Crippen LogP contribution in [0.4, 0.5) is 10.7 Å². The quantitative estimate of drug-likeness (QED) is 0.421. The van der Waals surface area contributed by atoms with E-state index >= 15 is 0 Å². The lowest BCUT2D eigenvalue weighted by Gasteiger charge is -2.18. The molecule has 29 heavy (non-hydrogen) atoms.